The molecule has 0 aromatic heterocycles. The van der Waals surface area contributed by atoms with Crippen molar-refractivity contribution in [3.8, 4) is 5.75 Å². The van der Waals surface area contributed by atoms with Gasteiger partial charge in [0.15, 0.2) is 0 Å². The van der Waals surface area contributed by atoms with Gasteiger partial charge in [0.05, 0.1) is 13.2 Å². The highest BCUT2D eigenvalue weighted by atomic mass is 35.5. The van der Waals surface area contributed by atoms with Gasteiger partial charge in [0.1, 0.15) is 5.75 Å². The van der Waals surface area contributed by atoms with Gasteiger partial charge in [-0.25, -0.2) is 0 Å². The molecule has 4 heteroatoms. The fraction of sp³-hybridized carbons (Fsp3) is 0.714. The molecule has 2 fully saturated rings. The van der Waals surface area contributed by atoms with Crippen molar-refractivity contribution in [3.05, 3.63) is 29.8 Å². The van der Waals surface area contributed by atoms with Crippen LogP contribution in [0.25, 0.3) is 0 Å². The van der Waals surface area contributed by atoms with Crippen LogP contribution in [0.4, 0.5) is 0 Å². The van der Waals surface area contributed by atoms with Crippen molar-refractivity contribution in [2.24, 2.45) is 11.8 Å². The lowest BCUT2D eigenvalue weighted by atomic mass is 9.78. The van der Waals surface area contributed by atoms with E-state index >= 15 is 0 Å². The van der Waals surface area contributed by atoms with E-state index < -0.39 is 0 Å². The maximum absolute atomic E-state index is 10.8. The number of likely N-dealkylation sites (tertiary alicyclic amines) is 1. The Bertz CT molecular complexity index is 528. The summed E-state index contributed by atoms with van der Waals surface area (Å²) in [4.78, 5) is 2.55. The molecule has 1 heterocycles. The first-order chi connectivity index (χ1) is 11.6. The number of hydrogen-bond donors (Lipinski definition) is 1. The quantitative estimate of drug-likeness (QED) is 0.851. The van der Waals surface area contributed by atoms with E-state index in [0.29, 0.717) is 6.04 Å². The molecule has 2 aliphatic rings. The number of benzene rings is 1. The molecule has 0 amide bonds. The summed E-state index contributed by atoms with van der Waals surface area (Å²) in [6.07, 6.45) is 6.03. The molecule has 0 spiro atoms. The zero-order chi connectivity index (χ0) is 17.1. The Kier molecular flexibility index (Phi) is 7.60. The minimum Gasteiger partial charge on any atom is -0.496 e. The van der Waals surface area contributed by atoms with Crippen LogP contribution in [0.5, 0.6) is 5.75 Å². The van der Waals surface area contributed by atoms with Crippen molar-refractivity contribution in [1.29, 1.82) is 0 Å². The predicted molar refractivity (Wildman–Crippen MR) is 106 cm³/mol. The van der Waals surface area contributed by atoms with Crippen LogP contribution in [0, 0.1) is 11.8 Å². The van der Waals surface area contributed by atoms with E-state index in [-0.39, 0.29) is 24.4 Å². The Hall–Kier alpha value is -0.770. The molecule has 1 saturated heterocycles. The minimum atomic E-state index is -0.294. The number of nitrogens with zero attached hydrogens (tertiary/aromatic N) is 1. The van der Waals surface area contributed by atoms with E-state index in [1.165, 1.54) is 25.7 Å². The van der Waals surface area contributed by atoms with Crippen molar-refractivity contribution in [1.82, 2.24) is 4.90 Å². The molecule has 1 aliphatic carbocycles. The minimum absolute atomic E-state index is 0. The molecule has 0 radical (unpaired) electrons. The summed E-state index contributed by atoms with van der Waals surface area (Å²) in [6.45, 7) is 6.61. The van der Waals surface area contributed by atoms with Crippen LogP contribution in [0.3, 0.4) is 0 Å². The summed E-state index contributed by atoms with van der Waals surface area (Å²) in [5, 5.41) is 10.8. The summed E-state index contributed by atoms with van der Waals surface area (Å²) in [5.74, 6) is 2.82. The van der Waals surface area contributed by atoms with Gasteiger partial charge >= 0.3 is 0 Å². The number of methoxy groups -OCH3 is 1. The van der Waals surface area contributed by atoms with Gasteiger partial charge in [-0.1, -0.05) is 32.0 Å². The van der Waals surface area contributed by atoms with E-state index in [1.54, 1.807) is 7.11 Å². The largest absolute Gasteiger partial charge is 0.496 e. The number of halogens is 1. The highest BCUT2D eigenvalue weighted by Crippen LogP contribution is 2.37. The summed E-state index contributed by atoms with van der Waals surface area (Å²) >= 11 is 0. The standard InChI is InChI=1S/C21H33NO2.ClH/c1-15(2)16-8-10-17(11-9-16)22-13-12-18(20(23)14-22)19-6-4-5-7-21(19)24-3;/h4-7,15-18,20,23H,8-14H2,1-3H3;1H. The summed E-state index contributed by atoms with van der Waals surface area (Å²) in [5.41, 5.74) is 1.16. The van der Waals surface area contributed by atoms with Gasteiger partial charge in [-0.05, 0) is 62.1 Å². The number of hydrogen-bond acceptors (Lipinski definition) is 3. The van der Waals surface area contributed by atoms with Gasteiger partial charge in [0.25, 0.3) is 0 Å². The second-order valence-corrected chi connectivity index (χ2v) is 8.01. The third kappa shape index (κ3) is 4.69. The van der Waals surface area contributed by atoms with Gasteiger partial charge in [0, 0.05) is 18.5 Å². The van der Waals surface area contributed by atoms with E-state index in [1.807, 2.05) is 18.2 Å². The maximum atomic E-state index is 10.8. The molecule has 142 valence electrons. The lowest BCUT2D eigenvalue weighted by molar-refractivity contribution is 0.0141. The molecule has 1 N–H and O–H groups in total. The lowest BCUT2D eigenvalue weighted by Crippen LogP contribution is -2.48. The summed E-state index contributed by atoms with van der Waals surface area (Å²) < 4.78 is 5.50. The van der Waals surface area contributed by atoms with E-state index in [9.17, 15) is 5.11 Å². The average molecular weight is 368 g/mol. The number of aliphatic hydroxyl groups excluding tert-OH is 1. The van der Waals surface area contributed by atoms with Crippen molar-refractivity contribution in [2.75, 3.05) is 20.2 Å². The molecule has 1 aromatic rings. The van der Waals surface area contributed by atoms with Gasteiger partial charge in [-0.2, -0.15) is 0 Å². The summed E-state index contributed by atoms with van der Waals surface area (Å²) in [7, 11) is 1.72. The second kappa shape index (κ2) is 9.25. The molecule has 0 bridgehead atoms. The van der Waals surface area contributed by atoms with Crippen LogP contribution in [-0.4, -0.2) is 42.4 Å². The van der Waals surface area contributed by atoms with Crippen LogP contribution in [0.2, 0.25) is 0 Å². The highest BCUT2D eigenvalue weighted by molar-refractivity contribution is 5.85. The van der Waals surface area contributed by atoms with Gasteiger partial charge in [0.2, 0.25) is 0 Å². The average Bonchev–Trinajstić information content (AvgIpc) is 2.61. The third-order valence-corrected chi connectivity index (χ3v) is 6.35. The number of piperidine rings is 1. The molecule has 1 aromatic carbocycles. The van der Waals surface area contributed by atoms with Crippen LogP contribution < -0.4 is 4.74 Å². The predicted octanol–water partition coefficient (Wildman–Crippen LogP) is 4.48. The summed E-state index contributed by atoms with van der Waals surface area (Å²) in [6, 6.07) is 8.83. The molecule has 3 rings (SSSR count). The Morgan fingerprint density at radius 3 is 2.36 bits per heavy atom. The third-order valence-electron chi connectivity index (χ3n) is 6.35. The highest BCUT2D eigenvalue weighted by Gasteiger charge is 2.35. The second-order valence-electron chi connectivity index (χ2n) is 8.01. The molecular formula is C21H34ClNO2. The maximum Gasteiger partial charge on any atom is 0.122 e. The van der Waals surface area contributed by atoms with Crippen LogP contribution >= 0.6 is 12.4 Å². The SMILES string of the molecule is COc1ccccc1C1CCN(C2CCC(C(C)C)CC2)CC1O.Cl. The number of para-hydroxylation sites is 1. The molecule has 1 saturated carbocycles. The zero-order valence-electron chi connectivity index (χ0n) is 15.9. The number of β-amino-alcohol motifs (C(OH)–C–C–N with tert-alkyl or cyclic N) is 1. The Morgan fingerprint density at radius 2 is 1.76 bits per heavy atom. The van der Waals surface area contributed by atoms with Crippen molar-refractivity contribution in [3.63, 3.8) is 0 Å². The van der Waals surface area contributed by atoms with Crippen LogP contribution in [0.1, 0.15) is 57.4 Å². The topological polar surface area (TPSA) is 32.7 Å². The zero-order valence-corrected chi connectivity index (χ0v) is 16.7. The van der Waals surface area contributed by atoms with Gasteiger partial charge in [-0.15, -0.1) is 12.4 Å². The smallest absolute Gasteiger partial charge is 0.122 e. The van der Waals surface area contributed by atoms with Crippen LogP contribution in [-0.2, 0) is 0 Å². The van der Waals surface area contributed by atoms with Crippen molar-refractivity contribution >= 4 is 12.4 Å². The van der Waals surface area contributed by atoms with Gasteiger partial charge in [-0.3, -0.25) is 4.90 Å². The van der Waals surface area contributed by atoms with Gasteiger partial charge < -0.3 is 9.84 Å². The van der Waals surface area contributed by atoms with Crippen LogP contribution in [0.15, 0.2) is 24.3 Å². The first-order valence-electron chi connectivity index (χ1n) is 9.65. The lowest BCUT2D eigenvalue weighted by Gasteiger charge is -2.43. The number of ether oxygens (including phenoxy) is 1. The fourth-order valence-corrected chi connectivity index (χ4v) is 4.76. The molecule has 2 unspecified atom stereocenters. The monoisotopic (exact) mass is 367 g/mol. The first kappa shape index (κ1) is 20.5. The Labute approximate surface area is 159 Å². The molecule has 25 heavy (non-hydrogen) atoms. The first-order valence-corrected chi connectivity index (χ1v) is 9.65. The number of rotatable bonds is 4. The van der Waals surface area contributed by atoms with Crippen molar-refractivity contribution in [2.45, 2.75) is 64.0 Å². The van der Waals surface area contributed by atoms with E-state index in [0.717, 1.165) is 42.7 Å². The molecule has 2 atom stereocenters. The normalized spacial score (nSPS) is 30.8. The van der Waals surface area contributed by atoms with E-state index in [2.05, 4.69) is 24.8 Å². The van der Waals surface area contributed by atoms with E-state index in [4.69, 9.17) is 4.74 Å². The Balaban J connectivity index is 0.00000225. The molecular weight excluding hydrogens is 334 g/mol. The molecule has 3 nitrogen and oxygen atoms in total. The Morgan fingerprint density at radius 1 is 1.08 bits per heavy atom. The molecule has 1 aliphatic heterocycles. The number of aliphatic hydroxyl groups is 1. The fourth-order valence-electron chi connectivity index (χ4n) is 4.76. The van der Waals surface area contributed by atoms with Crippen molar-refractivity contribution < 1.29 is 9.84 Å².